The fourth-order valence-corrected chi connectivity index (χ4v) is 11.2. The predicted octanol–water partition coefficient (Wildman–Crippen LogP) is 18.4. The van der Waals surface area contributed by atoms with Gasteiger partial charge in [-0.25, -0.2) is 0 Å². The normalized spacial score (nSPS) is 11.7. The molecule has 67 heavy (non-hydrogen) atoms. The molecule has 1 heterocycles. The third-order valence-corrected chi connectivity index (χ3v) is 14.1. The van der Waals surface area contributed by atoms with E-state index < -0.39 is 0 Å². The Morgan fingerprint density at radius 1 is 0.224 bits per heavy atom. The molecular weight excluding hydrogens is 807 g/mol. The molecule has 0 aliphatic rings. The Morgan fingerprint density at radius 3 is 0.821 bits per heavy atom. The van der Waals surface area contributed by atoms with Crippen molar-refractivity contribution in [2.24, 2.45) is 0 Å². The van der Waals surface area contributed by atoms with E-state index in [1.807, 2.05) is 0 Å². The van der Waals surface area contributed by atoms with Crippen LogP contribution < -0.4 is 0 Å². The van der Waals surface area contributed by atoms with Gasteiger partial charge in [-0.05, 0) is 153 Å². The molecule has 0 spiro atoms. The van der Waals surface area contributed by atoms with Crippen molar-refractivity contribution >= 4 is 64.9 Å². The first-order chi connectivity index (χ1) is 33.2. The van der Waals surface area contributed by atoms with Crippen LogP contribution in [0.1, 0.15) is 6.92 Å². The lowest BCUT2D eigenvalue weighted by Crippen LogP contribution is -1.93. The second-order valence-corrected chi connectivity index (χ2v) is 17.8. The maximum absolute atomic E-state index is 2.46. The topological polar surface area (TPSA) is 4.93 Å². The molecule has 0 saturated carbocycles. The maximum atomic E-state index is 2.46. The van der Waals surface area contributed by atoms with Gasteiger partial charge >= 0.3 is 0 Å². The number of fused-ring (bicyclic) bond motifs is 7. The molecule has 0 amide bonds. The minimum Gasteiger partial charge on any atom is -0.341 e. The predicted molar refractivity (Wildman–Crippen MR) is 288 cm³/mol. The summed E-state index contributed by atoms with van der Waals surface area (Å²) < 4.78 is 2.46. The lowest BCUT2D eigenvalue weighted by atomic mass is 9.85. The van der Waals surface area contributed by atoms with Gasteiger partial charge in [0.05, 0.1) is 0 Å². The third-order valence-electron chi connectivity index (χ3n) is 14.1. The summed E-state index contributed by atoms with van der Waals surface area (Å²) in [7, 11) is 0. The van der Waals surface area contributed by atoms with Gasteiger partial charge in [0.1, 0.15) is 0 Å². The highest BCUT2D eigenvalue weighted by Crippen LogP contribution is 2.46. The van der Waals surface area contributed by atoms with Gasteiger partial charge in [-0.2, -0.15) is 0 Å². The quantitative estimate of drug-likeness (QED) is 0.141. The number of hydrogen-bond acceptors (Lipinski definition) is 0. The Kier molecular flexibility index (Phi) is 9.21. The van der Waals surface area contributed by atoms with Crippen LogP contribution in [0.5, 0.6) is 0 Å². The summed E-state index contributed by atoms with van der Waals surface area (Å²) in [5, 5.41) is 12.7. The zero-order valence-electron chi connectivity index (χ0n) is 37.2. The lowest BCUT2D eigenvalue weighted by molar-refractivity contribution is 0.827. The maximum Gasteiger partial charge on any atom is 0.0491 e. The van der Waals surface area contributed by atoms with E-state index in [9.17, 15) is 0 Å². The summed E-state index contributed by atoms with van der Waals surface area (Å²) in [4.78, 5) is 0. The molecule has 1 nitrogen and oxygen atoms in total. The first kappa shape index (κ1) is 38.9. The highest BCUT2D eigenvalue weighted by atomic mass is 15.0. The van der Waals surface area contributed by atoms with Crippen molar-refractivity contribution in [2.75, 3.05) is 0 Å². The van der Waals surface area contributed by atoms with Crippen LogP contribution in [-0.2, 0) is 6.54 Å². The molecule has 0 atom stereocenters. The van der Waals surface area contributed by atoms with E-state index in [2.05, 4.69) is 254 Å². The molecule has 0 N–H and O–H groups in total. The van der Waals surface area contributed by atoms with E-state index in [0.29, 0.717) is 0 Å². The van der Waals surface area contributed by atoms with Gasteiger partial charge in [-0.1, -0.05) is 206 Å². The van der Waals surface area contributed by atoms with Crippen molar-refractivity contribution in [1.29, 1.82) is 0 Å². The van der Waals surface area contributed by atoms with Crippen LogP contribution >= 0.6 is 0 Å². The van der Waals surface area contributed by atoms with Gasteiger partial charge in [-0.15, -0.1) is 0 Å². The third kappa shape index (κ3) is 6.31. The highest BCUT2D eigenvalue weighted by molar-refractivity contribution is 6.23. The lowest BCUT2D eigenvalue weighted by Gasteiger charge is -2.18. The van der Waals surface area contributed by atoms with Gasteiger partial charge in [-0.3, -0.25) is 0 Å². The minimum atomic E-state index is 0.891. The monoisotopic (exact) mass is 851 g/mol. The Hall–Kier alpha value is -8.52. The number of nitrogens with zero attached hydrogens (tertiary/aromatic N) is 1. The molecule has 0 unspecified atom stereocenters. The number of hydrogen-bond donors (Lipinski definition) is 0. The molecule has 0 radical (unpaired) electrons. The Morgan fingerprint density at radius 2 is 0.493 bits per heavy atom. The average Bonchev–Trinajstić information content (AvgIpc) is 3.72. The molecule has 13 aromatic rings. The molecule has 0 bridgehead atoms. The van der Waals surface area contributed by atoms with Gasteiger partial charge < -0.3 is 4.57 Å². The van der Waals surface area contributed by atoms with E-state index in [0.717, 1.165) is 6.54 Å². The van der Waals surface area contributed by atoms with E-state index >= 15 is 0 Å². The summed E-state index contributed by atoms with van der Waals surface area (Å²) >= 11 is 0. The van der Waals surface area contributed by atoms with Gasteiger partial charge in [0, 0.05) is 28.4 Å². The molecule has 0 aliphatic carbocycles. The Labute approximate surface area is 390 Å². The minimum absolute atomic E-state index is 0.891. The summed E-state index contributed by atoms with van der Waals surface area (Å²) in [5.74, 6) is 0. The van der Waals surface area contributed by atoms with Crippen LogP contribution in [0.3, 0.4) is 0 Å². The number of benzene rings is 12. The van der Waals surface area contributed by atoms with E-state index in [-0.39, 0.29) is 0 Å². The summed E-state index contributed by atoms with van der Waals surface area (Å²) in [6, 6.07) is 89.8. The zero-order chi connectivity index (χ0) is 44.4. The van der Waals surface area contributed by atoms with Crippen LogP contribution in [0.4, 0.5) is 0 Å². The van der Waals surface area contributed by atoms with Gasteiger partial charge in [0.15, 0.2) is 0 Å². The summed E-state index contributed by atoms with van der Waals surface area (Å²) in [5.41, 5.74) is 17.4. The molecule has 13 rings (SSSR count). The average molecular weight is 852 g/mol. The molecule has 314 valence electrons. The summed E-state index contributed by atoms with van der Waals surface area (Å²) in [6.07, 6.45) is 0. The SMILES string of the molecule is CCn1c2ccc(-c3cccc(-c4c5ccccc5c(-c5ccccc5)c5ccccc45)c3)cc2c2cc(-c3cccc(-c4c5ccccc5c(-c5ccccc5)c5ccccc45)c3)ccc21. The Bertz CT molecular complexity index is 3680. The van der Waals surface area contributed by atoms with Crippen LogP contribution in [0.2, 0.25) is 0 Å². The molecule has 0 aliphatic heterocycles. The van der Waals surface area contributed by atoms with Gasteiger partial charge in [0.25, 0.3) is 0 Å². The van der Waals surface area contributed by atoms with Crippen LogP contribution in [0, 0.1) is 0 Å². The first-order valence-corrected chi connectivity index (χ1v) is 23.5. The second-order valence-electron chi connectivity index (χ2n) is 17.8. The molecule has 0 saturated heterocycles. The molecule has 1 aromatic heterocycles. The zero-order valence-corrected chi connectivity index (χ0v) is 37.2. The molecule has 12 aromatic carbocycles. The van der Waals surface area contributed by atoms with Crippen LogP contribution in [-0.4, -0.2) is 4.57 Å². The van der Waals surface area contributed by atoms with Crippen molar-refractivity contribution in [2.45, 2.75) is 13.5 Å². The van der Waals surface area contributed by atoms with Crippen molar-refractivity contribution in [1.82, 2.24) is 4.57 Å². The molecular formula is C66H45N. The Balaban J connectivity index is 0.944. The smallest absolute Gasteiger partial charge is 0.0491 e. The summed E-state index contributed by atoms with van der Waals surface area (Å²) in [6.45, 7) is 3.14. The van der Waals surface area contributed by atoms with Crippen molar-refractivity contribution in [3.05, 3.63) is 243 Å². The number of rotatable bonds is 7. The molecule has 1 heteroatoms. The highest BCUT2D eigenvalue weighted by Gasteiger charge is 2.20. The van der Waals surface area contributed by atoms with Gasteiger partial charge in [0.2, 0.25) is 0 Å². The first-order valence-electron chi connectivity index (χ1n) is 23.5. The van der Waals surface area contributed by atoms with Crippen molar-refractivity contribution in [3.63, 3.8) is 0 Å². The standard InChI is InChI=1S/C66H45N/c1-2-67-61-37-35-47(45-23-17-25-49(39-45)65-55-31-13-9-27-51(55)63(43-19-5-3-6-20-43)52-28-10-14-32-56(52)65)41-59(61)60-42-48(36-38-62(60)67)46-24-18-26-50(40-46)66-57-33-15-11-29-53(57)64(44-21-7-4-8-22-44)54-30-12-16-34-58(54)66/h3-42H,2H2,1H3. The fourth-order valence-electron chi connectivity index (χ4n) is 11.2. The fraction of sp³-hybridized carbons (Fsp3) is 0.0303. The van der Waals surface area contributed by atoms with Crippen molar-refractivity contribution in [3.8, 4) is 66.8 Å². The number of aromatic nitrogens is 1. The van der Waals surface area contributed by atoms with E-state index in [4.69, 9.17) is 0 Å². The van der Waals surface area contributed by atoms with E-state index in [1.54, 1.807) is 0 Å². The van der Waals surface area contributed by atoms with E-state index in [1.165, 1.54) is 132 Å². The molecule has 0 fully saturated rings. The van der Waals surface area contributed by atoms with Crippen molar-refractivity contribution < 1.29 is 0 Å². The second kappa shape index (κ2) is 15.9. The van der Waals surface area contributed by atoms with Crippen LogP contribution in [0.25, 0.3) is 132 Å². The number of aryl methyl sites for hydroxylation is 1. The van der Waals surface area contributed by atoms with Crippen LogP contribution in [0.15, 0.2) is 243 Å². The largest absolute Gasteiger partial charge is 0.341 e.